The molecule has 3 rings (SSSR count). The Hall–Kier alpha value is -4.03. The number of hydrazine groups is 1. The Morgan fingerprint density at radius 1 is 1.00 bits per heavy atom. The molecular weight excluding hydrogens is 465 g/mol. The number of nitrogens with zero attached hydrogens (tertiary/aromatic N) is 4. The van der Waals surface area contributed by atoms with Crippen LogP contribution in [0, 0.1) is 27.2 Å². The fourth-order valence-electron chi connectivity index (χ4n) is 2.61. The number of halogens is 2. The molecule has 0 saturated carbocycles. The number of hydrogen-bond donors (Lipinski definition) is 3. The molecule has 164 valence electrons. The average molecular weight is 478 g/mol. The van der Waals surface area contributed by atoms with E-state index in [-0.39, 0.29) is 22.2 Å². The molecule has 12 nitrogen and oxygen atoms in total. The van der Waals surface area contributed by atoms with Crippen molar-refractivity contribution in [2.45, 2.75) is 6.92 Å². The Morgan fingerprint density at radius 2 is 1.72 bits per heavy atom. The molecule has 3 aromatic rings. The van der Waals surface area contributed by atoms with E-state index in [2.05, 4.69) is 26.1 Å². The third-order valence-electron chi connectivity index (χ3n) is 4.15. The Labute approximate surface area is 189 Å². The second kappa shape index (κ2) is 9.41. The summed E-state index contributed by atoms with van der Waals surface area (Å²) in [5.74, 6) is -1.24. The number of hydrogen-bond acceptors (Lipinski definition) is 9. The first-order valence-electron chi connectivity index (χ1n) is 8.70. The third kappa shape index (κ3) is 4.99. The Balaban J connectivity index is 1.85. The van der Waals surface area contributed by atoms with Crippen molar-refractivity contribution in [3.05, 3.63) is 84.1 Å². The van der Waals surface area contributed by atoms with E-state index >= 15 is 0 Å². The number of nitro benzene ring substituents is 1. The molecule has 1 heterocycles. The lowest BCUT2D eigenvalue weighted by Gasteiger charge is -2.12. The smallest absolute Gasteiger partial charge is 0.334 e. The summed E-state index contributed by atoms with van der Waals surface area (Å²) in [4.78, 5) is 41.3. The van der Waals surface area contributed by atoms with Crippen molar-refractivity contribution >= 4 is 57.8 Å². The molecule has 1 amide bonds. The summed E-state index contributed by atoms with van der Waals surface area (Å²) in [7, 11) is 0. The van der Waals surface area contributed by atoms with Gasteiger partial charge in [-0.3, -0.25) is 35.9 Å². The highest BCUT2D eigenvalue weighted by Gasteiger charge is 2.24. The van der Waals surface area contributed by atoms with Crippen molar-refractivity contribution in [2.24, 2.45) is 0 Å². The molecular formula is C18H13Cl2N7O5. The molecule has 0 bridgehead atoms. The molecule has 0 radical (unpaired) electrons. The van der Waals surface area contributed by atoms with E-state index in [1.165, 1.54) is 12.1 Å². The minimum Gasteiger partial charge on any atom is -0.334 e. The van der Waals surface area contributed by atoms with Crippen LogP contribution in [0.5, 0.6) is 0 Å². The summed E-state index contributed by atoms with van der Waals surface area (Å²) in [6.45, 7) is 1.76. The number of aromatic nitrogens is 2. The van der Waals surface area contributed by atoms with Crippen LogP contribution in [0.15, 0.2) is 42.7 Å². The van der Waals surface area contributed by atoms with Crippen LogP contribution in [-0.2, 0) is 0 Å². The molecule has 0 unspecified atom stereocenters. The van der Waals surface area contributed by atoms with Gasteiger partial charge in [0.2, 0.25) is 11.6 Å². The molecule has 0 saturated heterocycles. The molecule has 0 aliphatic carbocycles. The van der Waals surface area contributed by atoms with Crippen LogP contribution in [0.4, 0.5) is 28.7 Å². The average Bonchev–Trinajstić information content (AvgIpc) is 2.74. The van der Waals surface area contributed by atoms with Gasteiger partial charge in [0.1, 0.15) is 11.3 Å². The van der Waals surface area contributed by atoms with Crippen LogP contribution < -0.4 is 16.2 Å². The highest BCUT2D eigenvalue weighted by molar-refractivity contribution is 6.32. The minimum atomic E-state index is -0.805. The first-order chi connectivity index (χ1) is 15.2. The summed E-state index contributed by atoms with van der Waals surface area (Å²) in [6, 6.07) is 8.33. The summed E-state index contributed by atoms with van der Waals surface area (Å²) in [5.41, 5.74) is 4.71. The summed E-state index contributed by atoms with van der Waals surface area (Å²) in [5, 5.41) is 25.9. The molecule has 1 aromatic heterocycles. The highest BCUT2D eigenvalue weighted by Crippen LogP contribution is 2.32. The number of carbonyl (C=O) groups excluding carboxylic acids is 1. The van der Waals surface area contributed by atoms with Crippen LogP contribution in [0.3, 0.4) is 0 Å². The first kappa shape index (κ1) is 22.7. The van der Waals surface area contributed by atoms with Gasteiger partial charge in [0, 0.05) is 22.3 Å². The van der Waals surface area contributed by atoms with Gasteiger partial charge < -0.3 is 5.32 Å². The number of anilines is 3. The number of carbonyl (C=O) groups is 1. The summed E-state index contributed by atoms with van der Waals surface area (Å²) in [6.07, 6.45) is 1.06. The standard InChI is InChI=1S/C18H13Cl2N7O5/c1-9-6-11(19)3-5-13(9)23-16-15(27(31)32)17(22-8-21-16)24-25-18(28)10-2-4-12(20)14(7-10)26(29)30/h2-8H,1H3,(H,25,28)(H2,21,22,23,24). The number of rotatable bonds is 7. The number of nitrogens with one attached hydrogen (secondary N) is 3. The topological polar surface area (TPSA) is 165 Å². The predicted molar refractivity (Wildman–Crippen MR) is 117 cm³/mol. The maximum atomic E-state index is 12.4. The van der Waals surface area contributed by atoms with Crippen molar-refractivity contribution in [1.29, 1.82) is 0 Å². The predicted octanol–water partition coefficient (Wildman–Crippen LogP) is 4.41. The van der Waals surface area contributed by atoms with Gasteiger partial charge in [0.15, 0.2) is 0 Å². The number of benzene rings is 2. The van der Waals surface area contributed by atoms with E-state index in [9.17, 15) is 25.0 Å². The fraction of sp³-hybridized carbons (Fsp3) is 0.0556. The molecule has 0 aliphatic heterocycles. The number of amides is 1. The monoisotopic (exact) mass is 477 g/mol. The molecule has 2 aromatic carbocycles. The SMILES string of the molecule is Cc1cc(Cl)ccc1Nc1ncnc(NNC(=O)c2ccc(Cl)c([N+](=O)[O-])c2)c1[N+](=O)[O-]. The van der Waals surface area contributed by atoms with Crippen molar-refractivity contribution in [2.75, 3.05) is 10.7 Å². The molecule has 0 spiro atoms. The minimum absolute atomic E-state index is 0.0968. The van der Waals surface area contributed by atoms with E-state index in [0.29, 0.717) is 10.7 Å². The van der Waals surface area contributed by atoms with Crippen molar-refractivity contribution in [3.63, 3.8) is 0 Å². The first-order valence-corrected chi connectivity index (χ1v) is 9.46. The number of nitro groups is 2. The molecule has 0 fully saturated rings. The lowest BCUT2D eigenvalue weighted by atomic mass is 10.2. The zero-order valence-electron chi connectivity index (χ0n) is 16.1. The van der Waals surface area contributed by atoms with E-state index in [0.717, 1.165) is 18.0 Å². The summed E-state index contributed by atoms with van der Waals surface area (Å²) < 4.78 is 0. The van der Waals surface area contributed by atoms with Gasteiger partial charge in [-0.2, -0.15) is 0 Å². The normalized spacial score (nSPS) is 10.3. The second-order valence-corrected chi connectivity index (χ2v) is 7.11. The van der Waals surface area contributed by atoms with Gasteiger partial charge in [-0.25, -0.2) is 9.97 Å². The number of aryl methyl sites for hydroxylation is 1. The largest absolute Gasteiger partial charge is 0.355 e. The quantitative estimate of drug-likeness (QED) is 0.329. The maximum Gasteiger partial charge on any atom is 0.355 e. The van der Waals surface area contributed by atoms with Gasteiger partial charge in [-0.1, -0.05) is 23.2 Å². The lowest BCUT2D eigenvalue weighted by Crippen LogP contribution is -2.30. The maximum absolute atomic E-state index is 12.4. The molecule has 32 heavy (non-hydrogen) atoms. The van der Waals surface area contributed by atoms with Gasteiger partial charge in [-0.15, -0.1) is 0 Å². The van der Waals surface area contributed by atoms with Gasteiger partial charge >= 0.3 is 5.69 Å². The van der Waals surface area contributed by atoms with Crippen LogP contribution in [0.2, 0.25) is 10.0 Å². The van der Waals surface area contributed by atoms with Crippen LogP contribution in [0.25, 0.3) is 0 Å². The van der Waals surface area contributed by atoms with Crippen molar-refractivity contribution in [3.8, 4) is 0 Å². The Bertz CT molecular complexity index is 1240. The summed E-state index contributed by atoms with van der Waals surface area (Å²) >= 11 is 11.7. The molecule has 0 atom stereocenters. The Morgan fingerprint density at radius 3 is 2.38 bits per heavy atom. The lowest BCUT2D eigenvalue weighted by molar-refractivity contribution is -0.384. The zero-order valence-corrected chi connectivity index (χ0v) is 17.6. The molecule has 3 N–H and O–H groups in total. The third-order valence-corrected chi connectivity index (χ3v) is 4.70. The zero-order chi connectivity index (χ0) is 23.4. The van der Waals surface area contributed by atoms with Crippen LogP contribution in [-0.4, -0.2) is 25.7 Å². The van der Waals surface area contributed by atoms with E-state index < -0.39 is 27.1 Å². The van der Waals surface area contributed by atoms with Crippen molar-refractivity contribution in [1.82, 2.24) is 15.4 Å². The van der Waals surface area contributed by atoms with Crippen molar-refractivity contribution < 1.29 is 14.6 Å². The molecule has 0 aliphatic rings. The van der Waals surface area contributed by atoms with Crippen LogP contribution >= 0.6 is 23.2 Å². The highest BCUT2D eigenvalue weighted by atomic mass is 35.5. The molecule has 14 heteroatoms. The van der Waals surface area contributed by atoms with Gasteiger partial charge in [0.05, 0.1) is 9.85 Å². The van der Waals surface area contributed by atoms with E-state index in [1.807, 2.05) is 0 Å². The van der Waals surface area contributed by atoms with Gasteiger partial charge in [-0.05, 0) is 42.8 Å². The van der Waals surface area contributed by atoms with Gasteiger partial charge in [0.25, 0.3) is 11.6 Å². The Kier molecular flexibility index (Phi) is 6.66. The van der Waals surface area contributed by atoms with Crippen LogP contribution in [0.1, 0.15) is 15.9 Å². The van der Waals surface area contributed by atoms with E-state index in [1.54, 1.807) is 25.1 Å². The second-order valence-electron chi connectivity index (χ2n) is 6.26. The fourth-order valence-corrected chi connectivity index (χ4v) is 3.02. The van der Waals surface area contributed by atoms with E-state index in [4.69, 9.17) is 23.2 Å².